The first-order valence-electron chi connectivity index (χ1n) is 7.54. The average Bonchev–Trinajstić information content (AvgIpc) is 2.70. The first-order valence-corrected chi connectivity index (χ1v) is 9.36. The van der Waals surface area contributed by atoms with Gasteiger partial charge in [0, 0.05) is 12.6 Å². The molecule has 1 heterocycles. The Bertz CT molecular complexity index is 432. The molecule has 1 fully saturated rings. The number of unbranched alkanes of at least 4 members (excludes halogenated alkanes) is 1. The fourth-order valence-electron chi connectivity index (χ4n) is 2.75. The monoisotopic (exact) mass is 304 g/mol. The van der Waals surface area contributed by atoms with E-state index in [2.05, 4.69) is 6.92 Å². The van der Waals surface area contributed by atoms with Crippen molar-refractivity contribution in [3.05, 3.63) is 0 Å². The van der Waals surface area contributed by atoms with Crippen LogP contribution in [0.4, 0.5) is 0 Å². The van der Waals surface area contributed by atoms with Gasteiger partial charge in [0.1, 0.15) is 0 Å². The Hall–Kier alpha value is -0.620. The highest BCUT2D eigenvalue weighted by molar-refractivity contribution is 7.91. The quantitative estimate of drug-likeness (QED) is 0.769. The van der Waals surface area contributed by atoms with Crippen LogP contribution < -0.4 is 5.73 Å². The Morgan fingerprint density at radius 1 is 1.35 bits per heavy atom. The van der Waals surface area contributed by atoms with Crippen molar-refractivity contribution in [2.45, 2.75) is 64.5 Å². The van der Waals surface area contributed by atoms with Crippen molar-refractivity contribution in [3.63, 3.8) is 0 Å². The summed E-state index contributed by atoms with van der Waals surface area (Å²) < 4.78 is 23.3. The molecular formula is C14H28N2O3S. The number of rotatable bonds is 7. The van der Waals surface area contributed by atoms with Crippen molar-refractivity contribution in [2.75, 3.05) is 18.1 Å². The number of nitrogens with zero attached hydrogens (tertiary/aromatic N) is 1. The number of carbonyl (C=O) groups is 1. The molecule has 0 radical (unpaired) electrons. The van der Waals surface area contributed by atoms with Gasteiger partial charge in [-0.15, -0.1) is 0 Å². The molecular weight excluding hydrogens is 276 g/mol. The van der Waals surface area contributed by atoms with Crippen LogP contribution >= 0.6 is 0 Å². The highest BCUT2D eigenvalue weighted by Gasteiger charge is 2.39. The average molecular weight is 304 g/mol. The number of hydrogen-bond donors (Lipinski definition) is 1. The van der Waals surface area contributed by atoms with Crippen LogP contribution in [-0.4, -0.2) is 48.9 Å². The van der Waals surface area contributed by atoms with Crippen molar-refractivity contribution in [1.29, 1.82) is 0 Å². The molecule has 6 heteroatoms. The van der Waals surface area contributed by atoms with Crippen molar-refractivity contribution in [3.8, 4) is 0 Å². The largest absolute Gasteiger partial charge is 0.337 e. The fraction of sp³-hybridized carbons (Fsp3) is 0.929. The molecule has 0 aromatic carbocycles. The molecule has 0 bridgehead atoms. The van der Waals surface area contributed by atoms with Gasteiger partial charge in [0.05, 0.1) is 17.0 Å². The maximum atomic E-state index is 12.7. The Morgan fingerprint density at radius 3 is 2.45 bits per heavy atom. The normalized spacial score (nSPS) is 24.3. The van der Waals surface area contributed by atoms with E-state index in [0.29, 0.717) is 19.4 Å². The van der Waals surface area contributed by atoms with E-state index in [1.54, 1.807) is 11.8 Å². The lowest BCUT2D eigenvalue weighted by Crippen LogP contribution is -2.56. The molecule has 2 unspecified atom stereocenters. The molecule has 20 heavy (non-hydrogen) atoms. The molecule has 0 spiro atoms. The lowest BCUT2D eigenvalue weighted by Gasteiger charge is -2.35. The van der Waals surface area contributed by atoms with Gasteiger partial charge in [-0.05, 0) is 26.2 Å². The van der Waals surface area contributed by atoms with Crippen molar-refractivity contribution >= 4 is 15.7 Å². The van der Waals surface area contributed by atoms with E-state index >= 15 is 0 Å². The maximum Gasteiger partial charge on any atom is 0.242 e. The first-order chi connectivity index (χ1) is 9.23. The van der Waals surface area contributed by atoms with E-state index < -0.39 is 15.4 Å². The third kappa shape index (κ3) is 4.45. The van der Waals surface area contributed by atoms with Gasteiger partial charge in [-0.1, -0.05) is 26.7 Å². The van der Waals surface area contributed by atoms with Crippen LogP contribution in [0.3, 0.4) is 0 Å². The number of hydrogen-bond acceptors (Lipinski definition) is 4. The standard InChI is InChI=1S/C14H28N2O3S/c1-4-6-9-16(12-7-10-20(18,19)11-12)13(17)14(3,15)8-5-2/h12H,4-11,15H2,1-3H3. The summed E-state index contributed by atoms with van der Waals surface area (Å²) >= 11 is 0. The van der Waals surface area contributed by atoms with Gasteiger partial charge in [-0.2, -0.15) is 0 Å². The molecule has 0 aromatic rings. The van der Waals surface area contributed by atoms with E-state index in [-0.39, 0.29) is 23.5 Å². The minimum Gasteiger partial charge on any atom is -0.337 e. The minimum absolute atomic E-state index is 0.0880. The van der Waals surface area contributed by atoms with Crippen LogP contribution in [0.2, 0.25) is 0 Å². The lowest BCUT2D eigenvalue weighted by atomic mass is 9.94. The zero-order valence-corrected chi connectivity index (χ0v) is 13.7. The lowest BCUT2D eigenvalue weighted by molar-refractivity contribution is -0.138. The topological polar surface area (TPSA) is 80.5 Å². The van der Waals surface area contributed by atoms with E-state index in [1.807, 2.05) is 6.92 Å². The predicted octanol–water partition coefficient (Wildman–Crippen LogP) is 1.32. The Balaban J connectivity index is 2.86. The second-order valence-electron chi connectivity index (χ2n) is 6.08. The third-order valence-corrected chi connectivity index (χ3v) is 5.67. The van der Waals surface area contributed by atoms with E-state index in [4.69, 9.17) is 5.73 Å². The Morgan fingerprint density at radius 2 is 2.00 bits per heavy atom. The van der Waals surface area contributed by atoms with E-state index in [9.17, 15) is 13.2 Å². The predicted molar refractivity (Wildman–Crippen MR) is 81.2 cm³/mol. The van der Waals surface area contributed by atoms with Crippen LogP contribution in [0.5, 0.6) is 0 Å². The molecule has 0 saturated carbocycles. The maximum absolute atomic E-state index is 12.7. The van der Waals surface area contributed by atoms with Crippen LogP contribution in [0.1, 0.15) is 52.9 Å². The fourth-order valence-corrected chi connectivity index (χ4v) is 4.48. The third-order valence-electron chi connectivity index (χ3n) is 3.92. The Labute approximate surface area is 122 Å². The van der Waals surface area contributed by atoms with Crippen LogP contribution in [-0.2, 0) is 14.6 Å². The smallest absolute Gasteiger partial charge is 0.242 e. The SMILES string of the molecule is CCCCN(C(=O)C(C)(N)CCC)C1CCS(=O)(=O)C1. The van der Waals surface area contributed by atoms with Gasteiger partial charge in [0.2, 0.25) is 5.91 Å². The number of nitrogens with two attached hydrogens (primary N) is 1. The molecule has 5 nitrogen and oxygen atoms in total. The number of sulfone groups is 1. The van der Waals surface area contributed by atoms with Gasteiger partial charge in [-0.25, -0.2) is 8.42 Å². The van der Waals surface area contributed by atoms with Gasteiger partial charge in [0.25, 0.3) is 0 Å². The summed E-state index contributed by atoms with van der Waals surface area (Å²) in [5.41, 5.74) is 5.24. The second-order valence-corrected chi connectivity index (χ2v) is 8.31. The van der Waals surface area contributed by atoms with Crippen LogP contribution in [0.15, 0.2) is 0 Å². The van der Waals surface area contributed by atoms with Crippen molar-refractivity contribution < 1.29 is 13.2 Å². The summed E-state index contributed by atoms with van der Waals surface area (Å²) in [5.74, 6) is 0.169. The molecule has 1 amide bonds. The van der Waals surface area contributed by atoms with Crippen molar-refractivity contribution in [1.82, 2.24) is 4.90 Å². The van der Waals surface area contributed by atoms with Gasteiger partial charge in [-0.3, -0.25) is 4.79 Å². The molecule has 118 valence electrons. The second kappa shape index (κ2) is 6.89. The summed E-state index contributed by atoms with van der Waals surface area (Å²) in [7, 11) is -2.99. The van der Waals surface area contributed by atoms with Gasteiger partial charge < -0.3 is 10.6 Å². The van der Waals surface area contributed by atoms with E-state index in [1.165, 1.54) is 0 Å². The molecule has 1 saturated heterocycles. The van der Waals surface area contributed by atoms with Crippen molar-refractivity contribution in [2.24, 2.45) is 5.73 Å². The summed E-state index contributed by atoms with van der Waals surface area (Å²) in [6, 6.07) is -0.196. The summed E-state index contributed by atoms with van der Waals surface area (Å²) in [6.45, 7) is 6.41. The van der Waals surface area contributed by atoms with E-state index in [0.717, 1.165) is 19.3 Å². The summed E-state index contributed by atoms with van der Waals surface area (Å²) in [6.07, 6.45) is 3.85. The molecule has 2 N–H and O–H groups in total. The molecule has 0 aromatic heterocycles. The van der Waals surface area contributed by atoms with Crippen LogP contribution in [0.25, 0.3) is 0 Å². The molecule has 1 rings (SSSR count). The zero-order chi connectivity index (χ0) is 15.4. The number of carbonyl (C=O) groups excluding carboxylic acids is 1. The minimum atomic E-state index is -2.99. The molecule has 1 aliphatic rings. The van der Waals surface area contributed by atoms with Gasteiger partial charge >= 0.3 is 0 Å². The first kappa shape index (κ1) is 17.4. The van der Waals surface area contributed by atoms with Crippen LogP contribution in [0, 0.1) is 0 Å². The molecule has 0 aliphatic carbocycles. The highest BCUT2D eigenvalue weighted by atomic mass is 32.2. The number of amides is 1. The summed E-state index contributed by atoms with van der Waals surface area (Å²) in [5, 5.41) is 0. The molecule has 2 atom stereocenters. The highest BCUT2D eigenvalue weighted by Crippen LogP contribution is 2.22. The van der Waals surface area contributed by atoms with Gasteiger partial charge in [0.15, 0.2) is 9.84 Å². The Kier molecular flexibility index (Phi) is 6.01. The molecule has 1 aliphatic heterocycles. The zero-order valence-electron chi connectivity index (χ0n) is 12.9. The summed E-state index contributed by atoms with van der Waals surface area (Å²) in [4.78, 5) is 14.4.